The average Bonchev–Trinajstić information content (AvgIpc) is 2.62. The molecule has 0 radical (unpaired) electrons. The van der Waals surface area contributed by atoms with E-state index in [0.717, 1.165) is 18.4 Å². The van der Waals surface area contributed by atoms with Gasteiger partial charge in [0.05, 0.1) is 0 Å². The zero-order valence-electron chi connectivity index (χ0n) is 13.1. The predicted octanol–water partition coefficient (Wildman–Crippen LogP) is 3.12. The molecule has 120 valence electrons. The van der Waals surface area contributed by atoms with Crippen molar-refractivity contribution in [3.63, 3.8) is 0 Å². The van der Waals surface area contributed by atoms with Gasteiger partial charge in [0.25, 0.3) is 5.91 Å². The molecular weight excluding hydrogens is 290 g/mol. The maximum absolute atomic E-state index is 12.3. The van der Waals surface area contributed by atoms with Gasteiger partial charge in [-0.3, -0.25) is 4.79 Å². The molecule has 23 heavy (non-hydrogen) atoms. The van der Waals surface area contributed by atoms with Crippen LogP contribution in [0.1, 0.15) is 48.2 Å². The number of ether oxygens (including phenoxy) is 1. The highest BCUT2D eigenvalue weighted by molar-refractivity contribution is 5.92. The molecule has 1 aromatic heterocycles. The third-order valence-corrected chi connectivity index (χ3v) is 4.04. The van der Waals surface area contributed by atoms with Crippen molar-refractivity contribution in [3.05, 3.63) is 54.0 Å². The second kappa shape index (κ2) is 7.72. The summed E-state index contributed by atoms with van der Waals surface area (Å²) in [4.78, 5) is 20.4. The van der Waals surface area contributed by atoms with Crippen molar-refractivity contribution in [1.82, 2.24) is 15.3 Å². The zero-order valence-corrected chi connectivity index (χ0v) is 13.1. The van der Waals surface area contributed by atoms with Crippen molar-refractivity contribution >= 4 is 5.91 Å². The van der Waals surface area contributed by atoms with E-state index in [2.05, 4.69) is 15.3 Å². The predicted molar refractivity (Wildman–Crippen MR) is 87.1 cm³/mol. The van der Waals surface area contributed by atoms with Crippen molar-refractivity contribution < 1.29 is 9.53 Å². The highest BCUT2D eigenvalue weighted by atomic mass is 16.5. The maximum atomic E-state index is 12.3. The van der Waals surface area contributed by atoms with Gasteiger partial charge in [0.2, 0.25) is 5.88 Å². The van der Waals surface area contributed by atoms with Gasteiger partial charge in [-0.05, 0) is 18.4 Å². The fourth-order valence-electron chi connectivity index (χ4n) is 2.78. The summed E-state index contributed by atoms with van der Waals surface area (Å²) < 4.78 is 5.64. The van der Waals surface area contributed by atoms with E-state index in [1.54, 1.807) is 6.07 Å². The van der Waals surface area contributed by atoms with Crippen LogP contribution in [0.25, 0.3) is 0 Å². The van der Waals surface area contributed by atoms with Gasteiger partial charge in [-0.25, -0.2) is 9.97 Å². The fourth-order valence-corrected chi connectivity index (χ4v) is 2.78. The van der Waals surface area contributed by atoms with Crippen LogP contribution in [-0.4, -0.2) is 21.9 Å². The summed E-state index contributed by atoms with van der Waals surface area (Å²) in [5.74, 6) is 0.265. The second-order valence-electron chi connectivity index (χ2n) is 5.82. The molecule has 5 nitrogen and oxygen atoms in total. The summed E-state index contributed by atoms with van der Waals surface area (Å²) in [6, 6.07) is 11.7. The van der Waals surface area contributed by atoms with Crippen LogP contribution in [0.15, 0.2) is 42.7 Å². The van der Waals surface area contributed by atoms with Gasteiger partial charge < -0.3 is 10.1 Å². The van der Waals surface area contributed by atoms with Crippen molar-refractivity contribution in [2.24, 2.45) is 0 Å². The van der Waals surface area contributed by atoms with Gasteiger partial charge in [0.1, 0.15) is 18.6 Å². The Morgan fingerprint density at radius 1 is 1.13 bits per heavy atom. The minimum absolute atomic E-state index is 0.149. The maximum Gasteiger partial charge on any atom is 0.270 e. The van der Waals surface area contributed by atoms with Crippen LogP contribution in [-0.2, 0) is 6.61 Å². The molecule has 1 amide bonds. The standard InChI is InChI=1S/C18H21N3O2/c22-18(21-15-9-5-2-6-10-15)16-11-17(20-13-19-16)23-12-14-7-3-1-4-8-14/h1,3-4,7-8,11,13,15H,2,5-6,9-10,12H2,(H,21,22). The number of amides is 1. The van der Waals surface area contributed by atoms with Gasteiger partial charge in [0, 0.05) is 12.1 Å². The SMILES string of the molecule is O=C(NC1CCCCC1)c1cc(OCc2ccccc2)ncn1. The summed E-state index contributed by atoms with van der Waals surface area (Å²) >= 11 is 0. The number of aromatic nitrogens is 2. The molecule has 1 fully saturated rings. The lowest BCUT2D eigenvalue weighted by Gasteiger charge is -2.22. The third-order valence-electron chi connectivity index (χ3n) is 4.04. The lowest BCUT2D eigenvalue weighted by Crippen LogP contribution is -2.36. The second-order valence-corrected chi connectivity index (χ2v) is 5.82. The molecule has 0 bridgehead atoms. The molecule has 0 atom stereocenters. The Bertz CT molecular complexity index is 640. The third kappa shape index (κ3) is 4.52. The first-order chi connectivity index (χ1) is 11.3. The summed E-state index contributed by atoms with van der Waals surface area (Å²) in [6.07, 6.45) is 7.09. The number of rotatable bonds is 5. The van der Waals surface area contributed by atoms with Gasteiger partial charge in [-0.15, -0.1) is 0 Å². The molecule has 2 aromatic rings. The molecule has 1 N–H and O–H groups in total. The fraction of sp³-hybridized carbons (Fsp3) is 0.389. The van der Waals surface area contributed by atoms with E-state index in [1.807, 2.05) is 30.3 Å². The van der Waals surface area contributed by atoms with Crippen LogP contribution < -0.4 is 10.1 Å². The molecule has 5 heteroatoms. The van der Waals surface area contributed by atoms with E-state index >= 15 is 0 Å². The van der Waals surface area contributed by atoms with E-state index in [0.29, 0.717) is 18.2 Å². The van der Waals surface area contributed by atoms with E-state index in [9.17, 15) is 4.79 Å². The summed E-state index contributed by atoms with van der Waals surface area (Å²) in [5, 5.41) is 3.05. The molecule has 0 saturated heterocycles. The molecule has 0 unspecified atom stereocenters. The van der Waals surface area contributed by atoms with Crippen LogP contribution in [0.2, 0.25) is 0 Å². The van der Waals surface area contributed by atoms with Crippen molar-refractivity contribution in [1.29, 1.82) is 0 Å². The minimum Gasteiger partial charge on any atom is -0.473 e. The number of carbonyl (C=O) groups excluding carboxylic acids is 1. The van der Waals surface area contributed by atoms with Crippen LogP contribution in [0.5, 0.6) is 5.88 Å². The first-order valence-corrected chi connectivity index (χ1v) is 8.11. The zero-order chi connectivity index (χ0) is 15.9. The molecule has 0 aliphatic heterocycles. The van der Waals surface area contributed by atoms with Crippen LogP contribution >= 0.6 is 0 Å². The number of benzene rings is 1. The van der Waals surface area contributed by atoms with Gasteiger partial charge in [-0.2, -0.15) is 0 Å². The van der Waals surface area contributed by atoms with Gasteiger partial charge in [0.15, 0.2) is 0 Å². The highest BCUT2D eigenvalue weighted by Gasteiger charge is 2.17. The Labute approximate surface area is 136 Å². The lowest BCUT2D eigenvalue weighted by atomic mass is 9.95. The first-order valence-electron chi connectivity index (χ1n) is 8.11. The molecule has 1 heterocycles. The normalized spacial score (nSPS) is 15.1. The first kappa shape index (κ1) is 15.5. The highest BCUT2D eigenvalue weighted by Crippen LogP contribution is 2.18. The Hall–Kier alpha value is -2.43. The number of carbonyl (C=O) groups is 1. The van der Waals surface area contributed by atoms with Crippen molar-refractivity contribution in [2.75, 3.05) is 0 Å². The van der Waals surface area contributed by atoms with Crippen LogP contribution in [0.3, 0.4) is 0 Å². The van der Waals surface area contributed by atoms with E-state index in [-0.39, 0.29) is 11.9 Å². The molecule has 3 rings (SSSR count). The number of hydrogen-bond donors (Lipinski definition) is 1. The topological polar surface area (TPSA) is 64.1 Å². The number of nitrogens with zero attached hydrogens (tertiary/aromatic N) is 2. The molecule has 0 spiro atoms. The van der Waals surface area contributed by atoms with Gasteiger partial charge in [-0.1, -0.05) is 49.6 Å². The Morgan fingerprint density at radius 3 is 2.70 bits per heavy atom. The molecule has 1 aliphatic carbocycles. The molecule has 1 aromatic carbocycles. The number of hydrogen-bond acceptors (Lipinski definition) is 4. The largest absolute Gasteiger partial charge is 0.473 e. The molecule has 1 aliphatic rings. The summed E-state index contributed by atoms with van der Waals surface area (Å²) in [7, 11) is 0. The molecular formula is C18H21N3O2. The Morgan fingerprint density at radius 2 is 1.91 bits per heavy atom. The van der Waals surface area contributed by atoms with E-state index < -0.39 is 0 Å². The van der Waals surface area contributed by atoms with Crippen molar-refractivity contribution in [3.8, 4) is 5.88 Å². The van der Waals surface area contributed by atoms with Gasteiger partial charge >= 0.3 is 0 Å². The Balaban J connectivity index is 1.59. The average molecular weight is 311 g/mol. The Kier molecular flexibility index (Phi) is 5.19. The van der Waals surface area contributed by atoms with Crippen molar-refractivity contribution in [2.45, 2.75) is 44.8 Å². The van der Waals surface area contributed by atoms with Crippen LogP contribution in [0.4, 0.5) is 0 Å². The monoisotopic (exact) mass is 311 g/mol. The van der Waals surface area contributed by atoms with E-state index in [4.69, 9.17) is 4.74 Å². The quantitative estimate of drug-likeness (QED) is 0.921. The minimum atomic E-state index is -0.149. The van der Waals surface area contributed by atoms with E-state index in [1.165, 1.54) is 25.6 Å². The lowest BCUT2D eigenvalue weighted by molar-refractivity contribution is 0.0921. The smallest absolute Gasteiger partial charge is 0.270 e. The summed E-state index contributed by atoms with van der Waals surface area (Å²) in [5.41, 5.74) is 1.41. The number of nitrogens with one attached hydrogen (secondary N) is 1. The summed E-state index contributed by atoms with van der Waals surface area (Å²) in [6.45, 7) is 0.418. The van der Waals surface area contributed by atoms with Crippen LogP contribution in [0, 0.1) is 0 Å². The molecule has 1 saturated carbocycles.